The lowest BCUT2D eigenvalue weighted by Crippen LogP contribution is -2.45. The van der Waals surface area contributed by atoms with E-state index in [9.17, 15) is 9.59 Å². The third-order valence-electron chi connectivity index (χ3n) is 3.03. The second kappa shape index (κ2) is 8.91. The van der Waals surface area contributed by atoms with Crippen LogP contribution in [0.3, 0.4) is 0 Å². The van der Waals surface area contributed by atoms with Crippen LogP contribution in [0.25, 0.3) is 0 Å². The van der Waals surface area contributed by atoms with E-state index >= 15 is 0 Å². The summed E-state index contributed by atoms with van der Waals surface area (Å²) in [6.45, 7) is 9.37. The number of nitrogens with two attached hydrogens (primary N) is 1. The zero-order valence-corrected chi connectivity index (χ0v) is 11.9. The van der Waals surface area contributed by atoms with E-state index in [-0.39, 0.29) is 12.0 Å². The van der Waals surface area contributed by atoms with Crippen molar-refractivity contribution < 1.29 is 14.3 Å². The minimum absolute atomic E-state index is 0.279. The molecular weight excluding hydrogens is 232 g/mol. The summed E-state index contributed by atoms with van der Waals surface area (Å²) in [5.74, 6) is -0.924. The van der Waals surface area contributed by atoms with Gasteiger partial charge in [-0.3, -0.25) is 14.5 Å². The molecule has 2 unspecified atom stereocenters. The first-order chi connectivity index (χ1) is 8.51. The van der Waals surface area contributed by atoms with Gasteiger partial charge in [-0.05, 0) is 25.9 Å². The Bertz CT molecular complexity index is 265. The number of nitrogens with zero attached hydrogens (tertiary/aromatic N) is 1. The second-order valence-corrected chi connectivity index (χ2v) is 4.26. The largest absolute Gasteiger partial charge is 0.451 e. The van der Waals surface area contributed by atoms with Gasteiger partial charge in [-0.1, -0.05) is 34.1 Å². The van der Waals surface area contributed by atoms with Crippen molar-refractivity contribution in [2.45, 2.75) is 59.1 Å². The molecule has 106 valence electrons. The molecule has 0 aromatic heterocycles. The van der Waals surface area contributed by atoms with E-state index in [1.807, 2.05) is 25.7 Å². The highest BCUT2D eigenvalue weighted by molar-refractivity contribution is 5.83. The first kappa shape index (κ1) is 16.9. The molecule has 1 amide bonds. The molecule has 0 aromatic rings. The highest BCUT2D eigenvalue weighted by Crippen LogP contribution is 2.11. The van der Waals surface area contributed by atoms with Crippen molar-refractivity contribution in [1.29, 1.82) is 0 Å². The van der Waals surface area contributed by atoms with Crippen molar-refractivity contribution >= 4 is 11.9 Å². The van der Waals surface area contributed by atoms with Crippen LogP contribution in [0.15, 0.2) is 0 Å². The predicted octanol–water partition coefficient (Wildman–Crippen LogP) is 1.30. The summed E-state index contributed by atoms with van der Waals surface area (Å²) in [6, 6.07) is -0.279. The summed E-state index contributed by atoms with van der Waals surface area (Å²) < 4.78 is 5.21. The van der Waals surface area contributed by atoms with Crippen molar-refractivity contribution in [2.75, 3.05) is 13.1 Å². The van der Waals surface area contributed by atoms with Gasteiger partial charge in [-0.25, -0.2) is 0 Å². The van der Waals surface area contributed by atoms with E-state index in [2.05, 4.69) is 0 Å². The number of esters is 1. The number of carbonyl (C=O) groups excluding carboxylic acids is 2. The van der Waals surface area contributed by atoms with E-state index in [1.165, 1.54) is 0 Å². The number of hydrogen-bond acceptors (Lipinski definition) is 4. The van der Waals surface area contributed by atoms with Gasteiger partial charge in [0, 0.05) is 0 Å². The Balaban J connectivity index is 4.69. The molecule has 0 heterocycles. The highest BCUT2D eigenvalue weighted by atomic mass is 16.5. The molecule has 5 heteroatoms. The van der Waals surface area contributed by atoms with Crippen LogP contribution in [0.5, 0.6) is 0 Å². The average molecular weight is 258 g/mol. The van der Waals surface area contributed by atoms with Gasteiger partial charge in [-0.15, -0.1) is 0 Å². The maximum atomic E-state index is 12.1. The van der Waals surface area contributed by atoms with E-state index in [4.69, 9.17) is 10.5 Å². The number of amides is 1. The van der Waals surface area contributed by atoms with Gasteiger partial charge in [-0.2, -0.15) is 0 Å². The number of carbonyl (C=O) groups is 2. The third-order valence-corrected chi connectivity index (χ3v) is 3.03. The molecule has 0 saturated carbocycles. The van der Waals surface area contributed by atoms with Crippen molar-refractivity contribution in [2.24, 2.45) is 5.73 Å². The molecule has 0 aromatic carbocycles. The van der Waals surface area contributed by atoms with E-state index in [0.29, 0.717) is 6.42 Å². The fraction of sp³-hybridized carbons (Fsp3) is 0.846. The molecule has 0 radical (unpaired) electrons. The molecule has 0 rings (SSSR count). The maximum absolute atomic E-state index is 12.1. The molecule has 5 nitrogen and oxygen atoms in total. The smallest absolute Gasteiger partial charge is 0.324 e. The quantitative estimate of drug-likeness (QED) is 0.633. The Morgan fingerprint density at radius 3 is 2.06 bits per heavy atom. The van der Waals surface area contributed by atoms with Gasteiger partial charge < -0.3 is 10.5 Å². The summed E-state index contributed by atoms with van der Waals surface area (Å²) in [6.07, 6.45) is 1.23. The van der Waals surface area contributed by atoms with Crippen LogP contribution in [0.2, 0.25) is 0 Å². The molecule has 0 aliphatic carbocycles. The van der Waals surface area contributed by atoms with Crippen LogP contribution in [0.1, 0.15) is 47.0 Å². The Kier molecular flexibility index (Phi) is 8.37. The first-order valence-electron chi connectivity index (χ1n) is 6.75. The van der Waals surface area contributed by atoms with Crippen molar-refractivity contribution in [3.63, 3.8) is 0 Å². The summed E-state index contributed by atoms with van der Waals surface area (Å²) >= 11 is 0. The van der Waals surface area contributed by atoms with Gasteiger partial charge in [0.15, 0.2) is 6.10 Å². The van der Waals surface area contributed by atoms with Gasteiger partial charge in [0.1, 0.15) is 6.04 Å². The van der Waals surface area contributed by atoms with Crippen LogP contribution < -0.4 is 5.73 Å². The summed E-state index contributed by atoms with van der Waals surface area (Å²) in [4.78, 5) is 25.2. The zero-order valence-electron chi connectivity index (χ0n) is 11.9. The van der Waals surface area contributed by atoms with Crippen molar-refractivity contribution in [1.82, 2.24) is 4.90 Å². The molecule has 2 N–H and O–H groups in total. The number of ether oxygens (including phenoxy) is 1. The Hall–Kier alpha value is -1.10. The lowest BCUT2D eigenvalue weighted by atomic mass is 10.1. The second-order valence-electron chi connectivity index (χ2n) is 4.26. The minimum Gasteiger partial charge on any atom is -0.451 e. The monoisotopic (exact) mass is 258 g/mol. The standard InChI is InChI=1S/C13H26N2O3/c1-5-9-10(15(7-3)8-4)13(17)18-11(6-2)12(14)16/h10-11H,5-9H2,1-4H3,(H2,14,16). The van der Waals surface area contributed by atoms with E-state index < -0.39 is 12.0 Å². The number of rotatable bonds is 9. The number of primary amides is 1. The molecule has 18 heavy (non-hydrogen) atoms. The minimum atomic E-state index is -0.813. The van der Waals surface area contributed by atoms with Crippen LogP contribution in [-0.4, -0.2) is 42.0 Å². The average Bonchev–Trinajstić information content (AvgIpc) is 2.35. The van der Waals surface area contributed by atoms with Crippen molar-refractivity contribution in [3.05, 3.63) is 0 Å². The van der Waals surface area contributed by atoms with Crippen molar-refractivity contribution in [3.8, 4) is 0 Å². The molecule has 0 bridgehead atoms. The molecule has 0 aliphatic rings. The zero-order chi connectivity index (χ0) is 14.1. The molecule has 2 atom stereocenters. The highest BCUT2D eigenvalue weighted by Gasteiger charge is 2.28. The van der Waals surface area contributed by atoms with Gasteiger partial charge in [0.05, 0.1) is 0 Å². The normalized spacial score (nSPS) is 14.3. The lowest BCUT2D eigenvalue weighted by molar-refractivity contribution is -0.160. The van der Waals surface area contributed by atoms with Gasteiger partial charge in [0.25, 0.3) is 5.91 Å². The number of likely N-dealkylation sites (N-methyl/N-ethyl adjacent to an activating group) is 1. The van der Waals surface area contributed by atoms with Crippen LogP contribution in [0, 0.1) is 0 Å². The van der Waals surface area contributed by atoms with E-state index in [0.717, 1.165) is 25.9 Å². The maximum Gasteiger partial charge on any atom is 0.324 e. The molecule has 0 aliphatic heterocycles. The summed E-state index contributed by atoms with van der Waals surface area (Å²) in [5, 5.41) is 0. The Morgan fingerprint density at radius 2 is 1.72 bits per heavy atom. The SMILES string of the molecule is CCCC(C(=O)OC(CC)C(N)=O)N(CC)CC. The molecule has 0 spiro atoms. The van der Waals surface area contributed by atoms with Crippen LogP contribution >= 0.6 is 0 Å². The molecular formula is C13H26N2O3. The molecule has 0 saturated heterocycles. The van der Waals surface area contributed by atoms with Gasteiger partial charge in [0.2, 0.25) is 0 Å². The van der Waals surface area contributed by atoms with Crippen LogP contribution in [0.4, 0.5) is 0 Å². The fourth-order valence-corrected chi connectivity index (χ4v) is 1.95. The summed E-state index contributed by atoms with van der Waals surface area (Å²) in [5.41, 5.74) is 5.18. The first-order valence-corrected chi connectivity index (χ1v) is 6.75. The lowest BCUT2D eigenvalue weighted by Gasteiger charge is -2.28. The fourth-order valence-electron chi connectivity index (χ4n) is 1.95. The summed E-state index contributed by atoms with van der Waals surface area (Å²) in [7, 11) is 0. The third kappa shape index (κ3) is 5.04. The number of hydrogen-bond donors (Lipinski definition) is 1. The predicted molar refractivity (Wildman–Crippen MR) is 71.0 cm³/mol. The molecule has 0 fully saturated rings. The van der Waals surface area contributed by atoms with Crippen LogP contribution in [-0.2, 0) is 14.3 Å². The van der Waals surface area contributed by atoms with E-state index in [1.54, 1.807) is 6.92 Å². The van der Waals surface area contributed by atoms with Gasteiger partial charge >= 0.3 is 5.97 Å². The Labute approximate surface area is 110 Å². The topological polar surface area (TPSA) is 72.6 Å². The Morgan fingerprint density at radius 1 is 1.17 bits per heavy atom.